The molecular weight excluding hydrogens is 369 g/mol. The van der Waals surface area contributed by atoms with Crippen LogP contribution in [-0.4, -0.2) is 57.3 Å². The van der Waals surface area contributed by atoms with Gasteiger partial charge in [0, 0.05) is 39.3 Å². The summed E-state index contributed by atoms with van der Waals surface area (Å²) in [7, 11) is -0.745. The van der Waals surface area contributed by atoms with Gasteiger partial charge < -0.3 is 10.2 Å². The maximum atomic E-state index is 13.6. The summed E-state index contributed by atoms with van der Waals surface area (Å²) in [6, 6.07) is 11.9. The summed E-state index contributed by atoms with van der Waals surface area (Å²) >= 11 is 0. The van der Waals surface area contributed by atoms with Crippen molar-refractivity contribution in [2.24, 2.45) is 0 Å². The number of piperazine rings is 1. The van der Waals surface area contributed by atoms with Crippen molar-refractivity contribution < 1.29 is 17.6 Å². The molecule has 3 rings (SSSR count). The number of nitrogens with zero attached hydrogens (tertiary/aromatic N) is 2. The Bertz CT molecular complexity index is 947. The van der Waals surface area contributed by atoms with Gasteiger partial charge in [-0.05, 0) is 35.9 Å². The van der Waals surface area contributed by atoms with Crippen molar-refractivity contribution in [3.05, 3.63) is 65.5 Å². The Morgan fingerprint density at radius 2 is 1.93 bits per heavy atom. The highest BCUT2D eigenvalue weighted by atomic mass is 32.2. The molecule has 1 saturated heterocycles. The van der Waals surface area contributed by atoms with Crippen molar-refractivity contribution >= 4 is 15.9 Å². The Kier molecular flexibility index (Phi) is 5.59. The van der Waals surface area contributed by atoms with Gasteiger partial charge in [0.15, 0.2) is 0 Å². The van der Waals surface area contributed by atoms with Crippen LogP contribution in [0.1, 0.15) is 22.0 Å². The molecule has 1 N–H and O–H groups in total. The molecule has 144 valence electrons. The van der Waals surface area contributed by atoms with Gasteiger partial charge in [-0.2, -0.15) is 0 Å². The van der Waals surface area contributed by atoms with Gasteiger partial charge in [0.05, 0.1) is 10.9 Å². The quantitative estimate of drug-likeness (QED) is 0.864. The molecule has 0 saturated carbocycles. The van der Waals surface area contributed by atoms with E-state index in [9.17, 15) is 17.6 Å². The molecule has 27 heavy (non-hydrogen) atoms. The lowest BCUT2D eigenvalue weighted by molar-refractivity contribution is 0.0633. The third-order valence-electron chi connectivity index (χ3n) is 4.60. The fourth-order valence-electron chi connectivity index (χ4n) is 3.13. The highest BCUT2D eigenvalue weighted by molar-refractivity contribution is 7.89. The lowest BCUT2D eigenvalue weighted by atomic mass is 10.0. The molecule has 8 heteroatoms. The van der Waals surface area contributed by atoms with Crippen molar-refractivity contribution in [3.8, 4) is 0 Å². The summed E-state index contributed by atoms with van der Waals surface area (Å²) in [5.41, 5.74) is 0.994. The van der Waals surface area contributed by atoms with Crippen molar-refractivity contribution in [3.63, 3.8) is 0 Å². The molecule has 0 aromatic heterocycles. The number of benzene rings is 2. The van der Waals surface area contributed by atoms with Crippen LogP contribution in [0.15, 0.2) is 53.4 Å². The van der Waals surface area contributed by atoms with E-state index >= 15 is 0 Å². The van der Waals surface area contributed by atoms with Crippen LogP contribution in [0.2, 0.25) is 0 Å². The van der Waals surface area contributed by atoms with E-state index in [0.717, 1.165) is 4.31 Å². The first-order valence-electron chi connectivity index (χ1n) is 8.60. The monoisotopic (exact) mass is 391 g/mol. The number of sulfonamides is 1. The molecule has 2 aromatic rings. The number of hydrogen-bond donors (Lipinski definition) is 1. The number of halogens is 1. The van der Waals surface area contributed by atoms with E-state index in [1.165, 1.54) is 38.4 Å². The average molecular weight is 391 g/mol. The SMILES string of the molecule is CN(C)S(=O)(=O)c1cccc(C(=O)N2CCNCC2c2cccc(F)c2)c1. The predicted molar refractivity (Wildman–Crippen MR) is 100 cm³/mol. The number of amides is 1. The summed E-state index contributed by atoms with van der Waals surface area (Å²) < 4.78 is 39.5. The van der Waals surface area contributed by atoms with Crippen LogP contribution < -0.4 is 5.32 Å². The van der Waals surface area contributed by atoms with E-state index < -0.39 is 10.0 Å². The van der Waals surface area contributed by atoms with Crippen LogP contribution in [0.5, 0.6) is 0 Å². The number of carbonyl (C=O) groups is 1. The molecular formula is C19H22FN3O3S. The summed E-state index contributed by atoms with van der Waals surface area (Å²) in [5.74, 6) is -0.633. The fraction of sp³-hybridized carbons (Fsp3) is 0.316. The van der Waals surface area contributed by atoms with Crippen molar-refractivity contribution in [2.75, 3.05) is 33.7 Å². The highest BCUT2D eigenvalue weighted by Gasteiger charge is 2.29. The largest absolute Gasteiger partial charge is 0.329 e. The number of hydrogen-bond acceptors (Lipinski definition) is 4. The Balaban J connectivity index is 1.94. The topological polar surface area (TPSA) is 69.7 Å². The number of nitrogens with one attached hydrogen (secondary N) is 1. The van der Waals surface area contributed by atoms with Gasteiger partial charge in [0.1, 0.15) is 5.82 Å². The molecule has 1 unspecified atom stereocenters. The van der Waals surface area contributed by atoms with Crippen molar-refractivity contribution in [2.45, 2.75) is 10.9 Å². The van der Waals surface area contributed by atoms with Crippen LogP contribution in [0.4, 0.5) is 4.39 Å². The van der Waals surface area contributed by atoms with Crippen LogP contribution in [0.3, 0.4) is 0 Å². The summed E-state index contributed by atoms with van der Waals surface area (Å²) in [5, 5.41) is 3.22. The van der Waals surface area contributed by atoms with Crippen molar-refractivity contribution in [1.82, 2.24) is 14.5 Å². The Labute approximate surface area is 158 Å². The molecule has 0 bridgehead atoms. The lowest BCUT2D eigenvalue weighted by Crippen LogP contribution is -2.48. The minimum atomic E-state index is -3.63. The van der Waals surface area contributed by atoms with E-state index in [-0.39, 0.29) is 22.7 Å². The lowest BCUT2D eigenvalue weighted by Gasteiger charge is -2.36. The smallest absolute Gasteiger partial charge is 0.254 e. The molecule has 1 heterocycles. The van der Waals surface area contributed by atoms with Crippen LogP contribution >= 0.6 is 0 Å². The molecule has 0 spiro atoms. The van der Waals surface area contributed by atoms with E-state index in [2.05, 4.69) is 5.32 Å². The van der Waals surface area contributed by atoms with Crippen LogP contribution in [0.25, 0.3) is 0 Å². The van der Waals surface area contributed by atoms with Crippen LogP contribution in [-0.2, 0) is 10.0 Å². The first-order chi connectivity index (χ1) is 12.8. The first kappa shape index (κ1) is 19.5. The molecule has 0 aliphatic carbocycles. The standard InChI is InChI=1S/C19H22FN3O3S/c1-22(2)27(25,26)17-8-4-6-15(12-17)19(24)23-10-9-21-13-18(23)14-5-3-7-16(20)11-14/h3-8,11-12,18,21H,9-10,13H2,1-2H3. The summed E-state index contributed by atoms with van der Waals surface area (Å²) in [4.78, 5) is 14.8. The third kappa shape index (κ3) is 4.02. The first-order valence-corrected chi connectivity index (χ1v) is 10.0. The Morgan fingerprint density at radius 3 is 2.63 bits per heavy atom. The molecule has 1 aliphatic heterocycles. The molecule has 0 radical (unpaired) electrons. The normalized spacial score (nSPS) is 17.9. The highest BCUT2D eigenvalue weighted by Crippen LogP contribution is 2.25. The predicted octanol–water partition coefficient (Wildman–Crippen LogP) is 1.86. The number of carbonyl (C=O) groups excluding carboxylic acids is 1. The van der Waals surface area contributed by atoms with Gasteiger partial charge in [0.2, 0.25) is 10.0 Å². The Morgan fingerprint density at radius 1 is 1.19 bits per heavy atom. The van der Waals surface area contributed by atoms with Gasteiger partial charge in [0.25, 0.3) is 5.91 Å². The second-order valence-corrected chi connectivity index (χ2v) is 8.74. The molecule has 2 aromatic carbocycles. The van der Waals surface area contributed by atoms with Crippen LogP contribution in [0, 0.1) is 5.82 Å². The van der Waals surface area contributed by atoms with Gasteiger partial charge >= 0.3 is 0 Å². The maximum Gasteiger partial charge on any atom is 0.254 e. The van der Waals surface area contributed by atoms with Gasteiger partial charge in [-0.15, -0.1) is 0 Å². The van der Waals surface area contributed by atoms with Gasteiger partial charge in [-0.1, -0.05) is 18.2 Å². The van der Waals surface area contributed by atoms with Gasteiger partial charge in [-0.3, -0.25) is 4.79 Å². The third-order valence-corrected chi connectivity index (χ3v) is 6.41. The fourth-order valence-corrected chi connectivity index (χ4v) is 4.07. The molecule has 6 nitrogen and oxygen atoms in total. The van der Waals surface area contributed by atoms with E-state index in [1.807, 2.05) is 0 Å². The minimum Gasteiger partial charge on any atom is -0.329 e. The minimum absolute atomic E-state index is 0.0655. The summed E-state index contributed by atoms with van der Waals surface area (Å²) in [6.45, 7) is 1.57. The molecule has 1 aliphatic rings. The maximum absolute atomic E-state index is 13.6. The zero-order valence-electron chi connectivity index (χ0n) is 15.2. The Hall–Kier alpha value is -2.29. The molecule has 1 amide bonds. The average Bonchev–Trinajstić information content (AvgIpc) is 2.67. The number of rotatable bonds is 4. The molecule has 1 fully saturated rings. The van der Waals surface area contributed by atoms with E-state index in [4.69, 9.17) is 0 Å². The molecule has 1 atom stereocenters. The zero-order valence-corrected chi connectivity index (χ0v) is 16.0. The second kappa shape index (κ2) is 7.75. The van der Waals surface area contributed by atoms with E-state index in [1.54, 1.807) is 29.2 Å². The second-order valence-electron chi connectivity index (χ2n) is 6.59. The van der Waals surface area contributed by atoms with Gasteiger partial charge in [-0.25, -0.2) is 17.1 Å². The zero-order chi connectivity index (χ0) is 19.6. The van der Waals surface area contributed by atoms with Crippen molar-refractivity contribution in [1.29, 1.82) is 0 Å². The van der Waals surface area contributed by atoms with E-state index in [0.29, 0.717) is 30.8 Å². The summed E-state index contributed by atoms with van der Waals surface area (Å²) in [6.07, 6.45) is 0.